The third kappa shape index (κ3) is 3.70. The number of hydrogen-bond donors (Lipinski definition) is 1. The van der Waals surface area contributed by atoms with Crippen molar-refractivity contribution in [2.75, 3.05) is 12.4 Å². The van der Waals surface area contributed by atoms with E-state index in [1.54, 1.807) is 23.9 Å². The SMILES string of the molecule is Oc1ccc2ccc(OCCSc3ccccc3)cc2c1. The van der Waals surface area contributed by atoms with Crippen LogP contribution in [0, 0.1) is 0 Å². The quantitative estimate of drug-likeness (QED) is 0.546. The number of hydrogen-bond acceptors (Lipinski definition) is 3. The number of rotatable bonds is 5. The third-order valence-electron chi connectivity index (χ3n) is 3.16. The molecule has 0 aliphatic rings. The molecule has 0 unspecified atom stereocenters. The molecule has 106 valence electrons. The number of fused-ring (bicyclic) bond motifs is 1. The van der Waals surface area contributed by atoms with E-state index in [0.29, 0.717) is 6.61 Å². The van der Waals surface area contributed by atoms with E-state index < -0.39 is 0 Å². The van der Waals surface area contributed by atoms with Gasteiger partial charge < -0.3 is 9.84 Å². The van der Waals surface area contributed by atoms with Crippen molar-refractivity contribution in [2.45, 2.75) is 4.90 Å². The molecule has 0 radical (unpaired) electrons. The van der Waals surface area contributed by atoms with E-state index in [1.165, 1.54) is 4.90 Å². The van der Waals surface area contributed by atoms with Crippen LogP contribution in [0.5, 0.6) is 11.5 Å². The maximum absolute atomic E-state index is 9.52. The molecule has 0 heterocycles. The lowest BCUT2D eigenvalue weighted by Crippen LogP contribution is -1.99. The molecule has 0 saturated carbocycles. The molecule has 2 nitrogen and oxygen atoms in total. The maximum atomic E-state index is 9.52. The van der Waals surface area contributed by atoms with Crippen molar-refractivity contribution >= 4 is 22.5 Å². The Kier molecular flexibility index (Phi) is 4.31. The van der Waals surface area contributed by atoms with Crippen molar-refractivity contribution in [1.29, 1.82) is 0 Å². The highest BCUT2D eigenvalue weighted by atomic mass is 32.2. The Labute approximate surface area is 128 Å². The lowest BCUT2D eigenvalue weighted by Gasteiger charge is -2.07. The number of phenolic OH excluding ortho intramolecular Hbond substituents is 1. The molecule has 0 fully saturated rings. The summed E-state index contributed by atoms with van der Waals surface area (Å²) in [6, 6.07) is 21.6. The summed E-state index contributed by atoms with van der Waals surface area (Å²) < 4.78 is 5.77. The minimum Gasteiger partial charge on any atom is -0.508 e. The summed E-state index contributed by atoms with van der Waals surface area (Å²) in [4.78, 5) is 1.25. The van der Waals surface area contributed by atoms with E-state index in [1.807, 2.05) is 42.5 Å². The van der Waals surface area contributed by atoms with Gasteiger partial charge in [0.2, 0.25) is 0 Å². The fraction of sp³-hybridized carbons (Fsp3) is 0.111. The molecule has 3 aromatic rings. The number of ether oxygens (including phenoxy) is 1. The van der Waals surface area contributed by atoms with E-state index in [-0.39, 0.29) is 5.75 Å². The van der Waals surface area contributed by atoms with E-state index >= 15 is 0 Å². The largest absolute Gasteiger partial charge is 0.508 e. The topological polar surface area (TPSA) is 29.5 Å². The first-order valence-electron chi connectivity index (χ1n) is 6.85. The normalized spacial score (nSPS) is 10.7. The van der Waals surface area contributed by atoms with Crippen LogP contribution in [0.25, 0.3) is 10.8 Å². The molecule has 0 bridgehead atoms. The Morgan fingerprint density at radius 1 is 0.857 bits per heavy atom. The Bertz CT molecular complexity index is 726. The van der Waals surface area contributed by atoms with Gasteiger partial charge in [-0.2, -0.15) is 0 Å². The first-order valence-corrected chi connectivity index (χ1v) is 7.83. The van der Waals surface area contributed by atoms with Gasteiger partial charge in [0, 0.05) is 10.6 Å². The number of aromatic hydroxyl groups is 1. The van der Waals surface area contributed by atoms with Gasteiger partial charge in [-0.25, -0.2) is 0 Å². The first kappa shape index (κ1) is 13.8. The third-order valence-corrected chi connectivity index (χ3v) is 4.14. The van der Waals surface area contributed by atoms with Crippen molar-refractivity contribution in [3.63, 3.8) is 0 Å². The molecule has 3 aromatic carbocycles. The minimum atomic E-state index is 0.277. The zero-order chi connectivity index (χ0) is 14.5. The summed E-state index contributed by atoms with van der Waals surface area (Å²) in [7, 11) is 0. The lowest BCUT2D eigenvalue weighted by molar-refractivity contribution is 0.344. The summed E-state index contributed by atoms with van der Waals surface area (Å²) in [6.07, 6.45) is 0. The molecule has 21 heavy (non-hydrogen) atoms. The second-order valence-corrected chi connectivity index (χ2v) is 5.87. The Morgan fingerprint density at radius 2 is 1.67 bits per heavy atom. The van der Waals surface area contributed by atoms with Gasteiger partial charge in [-0.3, -0.25) is 0 Å². The van der Waals surface area contributed by atoms with Gasteiger partial charge in [0.15, 0.2) is 0 Å². The molecule has 0 aliphatic heterocycles. The fourth-order valence-corrected chi connectivity index (χ4v) is 2.89. The van der Waals surface area contributed by atoms with E-state index in [0.717, 1.165) is 22.3 Å². The summed E-state index contributed by atoms with van der Waals surface area (Å²) >= 11 is 1.78. The number of phenols is 1. The zero-order valence-electron chi connectivity index (χ0n) is 11.5. The first-order chi connectivity index (χ1) is 10.3. The highest BCUT2D eigenvalue weighted by Gasteiger charge is 1.99. The second kappa shape index (κ2) is 6.55. The summed E-state index contributed by atoms with van der Waals surface area (Å²) in [5.74, 6) is 2.02. The zero-order valence-corrected chi connectivity index (χ0v) is 12.3. The number of benzene rings is 3. The second-order valence-electron chi connectivity index (χ2n) is 4.70. The fourth-order valence-electron chi connectivity index (χ4n) is 2.14. The standard InChI is InChI=1S/C18H16O2S/c19-16-8-6-14-7-9-17(13-15(14)12-16)20-10-11-21-18-4-2-1-3-5-18/h1-9,12-13,19H,10-11H2. The highest BCUT2D eigenvalue weighted by molar-refractivity contribution is 7.99. The van der Waals surface area contributed by atoms with E-state index in [2.05, 4.69) is 12.1 Å². The Hall–Kier alpha value is -2.13. The van der Waals surface area contributed by atoms with E-state index in [9.17, 15) is 5.11 Å². The highest BCUT2D eigenvalue weighted by Crippen LogP contribution is 2.25. The molecule has 3 rings (SSSR count). The molecule has 0 atom stereocenters. The van der Waals surface area contributed by atoms with Crippen LogP contribution in [0.4, 0.5) is 0 Å². The molecule has 0 aromatic heterocycles. The van der Waals surface area contributed by atoms with Crippen LogP contribution in [0.3, 0.4) is 0 Å². The van der Waals surface area contributed by atoms with Crippen molar-refractivity contribution in [3.05, 3.63) is 66.7 Å². The number of thioether (sulfide) groups is 1. The van der Waals surface area contributed by atoms with Crippen LogP contribution in [-0.4, -0.2) is 17.5 Å². The van der Waals surface area contributed by atoms with Crippen LogP contribution in [0.2, 0.25) is 0 Å². The molecule has 1 N–H and O–H groups in total. The smallest absolute Gasteiger partial charge is 0.119 e. The minimum absolute atomic E-state index is 0.277. The van der Waals surface area contributed by atoms with Crippen LogP contribution in [-0.2, 0) is 0 Å². The van der Waals surface area contributed by atoms with E-state index in [4.69, 9.17) is 4.74 Å². The average molecular weight is 296 g/mol. The monoisotopic (exact) mass is 296 g/mol. The predicted molar refractivity (Wildman–Crippen MR) is 88.3 cm³/mol. The molecular weight excluding hydrogens is 280 g/mol. The van der Waals surface area contributed by atoms with Crippen LogP contribution >= 0.6 is 11.8 Å². The summed E-state index contributed by atoms with van der Waals surface area (Å²) in [6.45, 7) is 0.657. The Balaban J connectivity index is 1.58. The molecule has 3 heteroatoms. The predicted octanol–water partition coefficient (Wildman–Crippen LogP) is 4.72. The van der Waals surface area contributed by atoms with Gasteiger partial charge in [-0.15, -0.1) is 11.8 Å². The van der Waals surface area contributed by atoms with Gasteiger partial charge >= 0.3 is 0 Å². The van der Waals surface area contributed by atoms with Crippen LogP contribution in [0.1, 0.15) is 0 Å². The van der Waals surface area contributed by atoms with Gasteiger partial charge in [0.1, 0.15) is 11.5 Å². The molecule has 0 spiro atoms. The van der Waals surface area contributed by atoms with Crippen molar-refractivity contribution < 1.29 is 9.84 Å². The molecule has 0 amide bonds. The maximum Gasteiger partial charge on any atom is 0.119 e. The molecular formula is C18H16O2S. The van der Waals surface area contributed by atoms with Crippen molar-refractivity contribution in [3.8, 4) is 11.5 Å². The van der Waals surface area contributed by atoms with Crippen LogP contribution < -0.4 is 4.74 Å². The van der Waals surface area contributed by atoms with Gasteiger partial charge in [0.25, 0.3) is 0 Å². The van der Waals surface area contributed by atoms with Crippen molar-refractivity contribution in [1.82, 2.24) is 0 Å². The average Bonchev–Trinajstić information content (AvgIpc) is 2.52. The van der Waals surface area contributed by atoms with Gasteiger partial charge in [-0.05, 0) is 47.2 Å². The van der Waals surface area contributed by atoms with Gasteiger partial charge in [0.05, 0.1) is 6.61 Å². The Morgan fingerprint density at radius 3 is 2.52 bits per heavy atom. The van der Waals surface area contributed by atoms with Crippen LogP contribution in [0.15, 0.2) is 71.6 Å². The lowest BCUT2D eigenvalue weighted by atomic mass is 10.1. The van der Waals surface area contributed by atoms with Gasteiger partial charge in [-0.1, -0.05) is 30.3 Å². The van der Waals surface area contributed by atoms with Crippen molar-refractivity contribution in [2.24, 2.45) is 0 Å². The summed E-state index contributed by atoms with van der Waals surface area (Å²) in [5.41, 5.74) is 0. The molecule has 0 aliphatic carbocycles. The summed E-state index contributed by atoms with van der Waals surface area (Å²) in [5, 5.41) is 11.6. The molecule has 0 saturated heterocycles.